The van der Waals surface area contributed by atoms with E-state index < -0.39 is 6.09 Å². The summed E-state index contributed by atoms with van der Waals surface area (Å²) < 4.78 is 6.11. The topological polar surface area (TPSA) is 73.5 Å². The van der Waals surface area contributed by atoms with Crippen LogP contribution in [0.1, 0.15) is 0 Å². The number of methoxy groups -OCH3 is 1. The highest BCUT2D eigenvalue weighted by Crippen LogP contribution is 2.26. The summed E-state index contributed by atoms with van der Waals surface area (Å²) in [6, 6.07) is 7.51. The summed E-state index contributed by atoms with van der Waals surface area (Å²) in [6.45, 7) is 0. The molecule has 0 unspecified atom stereocenters. The van der Waals surface area contributed by atoms with Crippen molar-refractivity contribution >= 4 is 77.7 Å². The third kappa shape index (κ3) is 7.77. The Balaban J connectivity index is 0.000000265. The number of rotatable bonds is 1. The summed E-state index contributed by atoms with van der Waals surface area (Å²) in [5, 5.41) is 2.45. The normalized spacial score (nSPS) is 9.73. The van der Waals surface area contributed by atoms with Crippen molar-refractivity contribution in [2.24, 2.45) is 0 Å². The zero-order chi connectivity index (χ0) is 19.7. The predicted molar refractivity (Wildman–Crippen MR) is 120 cm³/mol. The minimum absolute atomic E-state index is 0.387. The summed E-state index contributed by atoms with van der Waals surface area (Å²) in [5.41, 5.74) is 1.68. The molecule has 1 amide bonds. The zero-order valence-corrected chi connectivity index (χ0v) is 18.4. The van der Waals surface area contributed by atoms with E-state index in [2.05, 4.69) is 20.0 Å². The molecule has 0 atom stereocenters. The molecule has 1 aromatic carbocycles. The van der Waals surface area contributed by atoms with Crippen molar-refractivity contribution in [3.8, 4) is 0 Å². The number of hydrogen-bond donors (Lipinski definition) is 2. The number of benzene rings is 1. The van der Waals surface area contributed by atoms with Crippen molar-refractivity contribution in [2.45, 2.75) is 0 Å². The van der Waals surface area contributed by atoms with Gasteiger partial charge in [0.25, 0.3) is 0 Å². The number of fused-ring (bicyclic) bond motifs is 1. The quantitative estimate of drug-likeness (QED) is 0.518. The van der Waals surface area contributed by atoms with Crippen LogP contribution in [0.25, 0.3) is 11.0 Å². The summed E-state index contributed by atoms with van der Waals surface area (Å²) in [7, 11) is 12.0. The van der Waals surface area contributed by atoms with Crippen LogP contribution in [0.2, 0.25) is 0 Å². The van der Waals surface area contributed by atoms with Crippen molar-refractivity contribution in [1.82, 2.24) is 19.8 Å². The van der Waals surface area contributed by atoms with Crippen LogP contribution in [0.5, 0.6) is 0 Å². The third-order valence-corrected chi connectivity index (χ3v) is 6.87. The van der Waals surface area contributed by atoms with Crippen LogP contribution in [0.15, 0.2) is 24.3 Å². The molecule has 7 nitrogen and oxygen atoms in total. The molecule has 11 heteroatoms. The molecule has 0 spiro atoms. The van der Waals surface area contributed by atoms with Crippen LogP contribution in [0.3, 0.4) is 0 Å². The first kappa shape index (κ1) is 22.5. The highest BCUT2D eigenvalue weighted by molar-refractivity contribution is 8.89. The summed E-state index contributed by atoms with van der Waals surface area (Å²) in [4.78, 5) is 21.7. The Morgan fingerprint density at radius 2 is 1.65 bits per heavy atom. The minimum Gasteiger partial charge on any atom is -0.453 e. The lowest BCUT2D eigenvalue weighted by Gasteiger charge is -2.15. The number of H-pyrrole nitrogens is 1. The van der Waals surface area contributed by atoms with Gasteiger partial charge in [-0.05, 0) is 33.7 Å². The fraction of sp³-hybridized carbons (Fsp3) is 0.333. The number of carbonyl (C=O) groups excluding carboxylic acids is 1. The molecule has 26 heavy (non-hydrogen) atoms. The second kappa shape index (κ2) is 11.2. The summed E-state index contributed by atoms with van der Waals surface area (Å²) in [5.74, 6) is 0.387. The molecule has 1 aromatic heterocycles. The fourth-order valence-corrected chi connectivity index (χ4v) is 3.76. The van der Waals surface area contributed by atoms with E-state index in [0.717, 1.165) is 19.7 Å². The van der Waals surface area contributed by atoms with Gasteiger partial charge in [0, 0.05) is 28.2 Å². The second-order valence-corrected chi connectivity index (χ2v) is 8.60. The molecule has 2 aromatic rings. The SMILES string of the molecule is CN(C)C(=S)SSC(=S)N(C)C.COC(=O)Nc1nc2ccccc2[nH]1. The molecular formula is C15H21N5O2S4. The van der Waals surface area contributed by atoms with Gasteiger partial charge in [-0.15, -0.1) is 0 Å². The van der Waals surface area contributed by atoms with Crippen LogP contribution < -0.4 is 5.32 Å². The van der Waals surface area contributed by atoms with E-state index in [1.165, 1.54) is 28.7 Å². The highest BCUT2D eigenvalue weighted by Gasteiger charge is 2.05. The lowest BCUT2D eigenvalue weighted by Crippen LogP contribution is -2.18. The Labute approximate surface area is 171 Å². The van der Waals surface area contributed by atoms with E-state index in [1.807, 2.05) is 62.3 Å². The Kier molecular flexibility index (Phi) is 9.70. The standard InChI is InChI=1S/C9H9N3O2.C6H12N2S4/c1-14-9(13)12-8-10-6-4-2-3-5-7(6)11-8;1-7(2)5(9)11-12-6(10)8(3)4/h2-5H,1H3,(H2,10,11,12,13);1-4H3. The number of aromatic nitrogens is 2. The number of imidazole rings is 1. The van der Waals surface area contributed by atoms with Crippen molar-refractivity contribution in [3.05, 3.63) is 24.3 Å². The molecule has 1 heterocycles. The lowest BCUT2D eigenvalue weighted by atomic mass is 10.3. The van der Waals surface area contributed by atoms with Gasteiger partial charge in [-0.3, -0.25) is 5.32 Å². The molecule has 0 aliphatic heterocycles. The summed E-state index contributed by atoms with van der Waals surface area (Å²) >= 11 is 10.1. The third-order valence-electron chi connectivity index (χ3n) is 2.71. The largest absolute Gasteiger partial charge is 0.453 e. The van der Waals surface area contributed by atoms with E-state index in [1.54, 1.807) is 0 Å². The van der Waals surface area contributed by atoms with Gasteiger partial charge in [0.15, 0.2) is 0 Å². The number of aromatic amines is 1. The fourth-order valence-electron chi connectivity index (χ4n) is 1.38. The molecule has 0 aliphatic rings. The number of amides is 1. The van der Waals surface area contributed by atoms with Gasteiger partial charge in [-0.25, -0.2) is 9.78 Å². The Hall–Kier alpha value is -1.56. The Morgan fingerprint density at radius 1 is 1.12 bits per heavy atom. The van der Waals surface area contributed by atoms with Crippen molar-refractivity contribution in [1.29, 1.82) is 0 Å². The first-order valence-corrected chi connectivity index (χ1v) is 10.3. The second-order valence-electron chi connectivity index (χ2n) is 5.21. The number of anilines is 1. The number of carbonyl (C=O) groups is 1. The molecular weight excluding hydrogens is 410 g/mol. The number of nitrogens with one attached hydrogen (secondary N) is 2. The molecule has 0 aliphatic carbocycles. The molecule has 0 bridgehead atoms. The number of thiocarbonyl (C=S) groups is 2. The molecule has 0 saturated carbocycles. The predicted octanol–water partition coefficient (Wildman–Crippen LogP) is 3.80. The van der Waals surface area contributed by atoms with E-state index >= 15 is 0 Å². The highest BCUT2D eigenvalue weighted by atomic mass is 33.1. The van der Waals surface area contributed by atoms with Gasteiger partial charge in [0.05, 0.1) is 18.1 Å². The van der Waals surface area contributed by atoms with Crippen molar-refractivity contribution < 1.29 is 9.53 Å². The van der Waals surface area contributed by atoms with Gasteiger partial charge in [-0.1, -0.05) is 36.6 Å². The number of nitrogens with zero attached hydrogens (tertiary/aromatic N) is 3. The monoisotopic (exact) mass is 431 g/mol. The van der Waals surface area contributed by atoms with Crippen LogP contribution >= 0.6 is 46.0 Å². The smallest absolute Gasteiger partial charge is 0.413 e. The molecule has 2 rings (SSSR count). The zero-order valence-electron chi connectivity index (χ0n) is 15.1. The van der Waals surface area contributed by atoms with Crippen LogP contribution in [0.4, 0.5) is 10.7 Å². The molecule has 2 N–H and O–H groups in total. The van der Waals surface area contributed by atoms with E-state index in [9.17, 15) is 4.79 Å². The van der Waals surface area contributed by atoms with Gasteiger partial charge in [0.2, 0.25) is 5.95 Å². The number of ether oxygens (including phenoxy) is 1. The average Bonchev–Trinajstić information content (AvgIpc) is 3.01. The van der Waals surface area contributed by atoms with Crippen LogP contribution in [0, 0.1) is 0 Å². The molecule has 0 saturated heterocycles. The first-order valence-electron chi connectivity index (χ1n) is 7.31. The average molecular weight is 432 g/mol. The summed E-state index contributed by atoms with van der Waals surface area (Å²) in [6.07, 6.45) is -0.538. The minimum atomic E-state index is -0.538. The van der Waals surface area contributed by atoms with Crippen molar-refractivity contribution in [3.63, 3.8) is 0 Å². The van der Waals surface area contributed by atoms with Crippen LogP contribution in [-0.4, -0.2) is 69.8 Å². The Bertz CT molecular complexity index is 710. The van der Waals surface area contributed by atoms with Gasteiger partial charge in [0.1, 0.15) is 8.64 Å². The number of hydrogen-bond acceptors (Lipinski definition) is 7. The Morgan fingerprint density at radius 3 is 2.12 bits per heavy atom. The van der Waals surface area contributed by atoms with Gasteiger partial charge in [-0.2, -0.15) is 0 Å². The maximum Gasteiger partial charge on any atom is 0.413 e. The van der Waals surface area contributed by atoms with Crippen LogP contribution in [-0.2, 0) is 4.74 Å². The van der Waals surface area contributed by atoms with Gasteiger partial charge >= 0.3 is 6.09 Å². The molecule has 0 radical (unpaired) electrons. The van der Waals surface area contributed by atoms with E-state index in [-0.39, 0.29) is 0 Å². The van der Waals surface area contributed by atoms with E-state index in [0.29, 0.717) is 5.95 Å². The maximum atomic E-state index is 10.9. The maximum absolute atomic E-state index is 10.9. The molecule has 142 valence electrons. The number of para-hydroxylation sites is 2. The first-order chi connectivity index (χ1) is 12.2. The molecule has 0 fully saturated rings. The lowest BCUT2D eigenvalue weighted by molar-refractivity contribution is 0.186. The van der Waals surface area contributed by atoms with Gasteiger partial charge < -0.3 is 19.5 Å². The van der Waals surface area contributed by atoms with E-state index in [4.69, 9.17) is 24.4 Å². The van der Waals surface area contributed by atoms with Crippen molar-refractivity contribution in [2.75, 3.05) is 40.6 Å².